The summed E-state index contributed by atoms with van der Waals surface area (Å²) in [5, 5.41) is 6.02. The van der Waals surface area contributed by atoms with E-state index >= 15 is 0 Å². The second kappa shape index (κ2) is 6.90. The van der Waals surface area contributed by atoms with E-state index in [1.54, 1.807) is 22.7 Å². The van der Waals surface area contributed by atoms with Crippen molar-refractivity contribution in [2.75, 3.05) is 11.9 Å². The van der Waals surface area contributed by atoms with Crippen LogP contribution >= 0.6 is 50.2 Å². The molecule has 1 saturated heterocycles. The number of hydrogen-bond acceptors (Lipinski definition) is 6. The van der Waals surface area contributed by atoms with Crippen molar-refractivity contribution in [3.05, 3.63) is 43.0 Å². The summed E-state index contributed by atoms with van der Waals surface area (Å²) in [6.45, 7) is 1.46. The Bertz CT molecular complexity index is 868. The molecule has 126 valence electrons. The molecule has 4 heterocycles. The highest BCUT2D eigenvalue weighted by atomic mass is 79.9. The lowest BCUT2D eigenvalue weighted by atomic mass is 10.1. The second-order valence-electron chi connectivity index (χ2n) is 5.63. The summed E-state index contributed by atoms with van der Waals surface area (Å²) >= 11 is 13.3. The molecular formula is C16H15BrClN3OS2. The summed E-state index contributed by atoms with van der Waals surface area (Å²) in [6, 6.07) is 6.06. The smallest absolute Gasteiger partial charge is 0.131 e. The predicted molar refractivity (Wildman–Crippen MR) is 105 cm³/mol. The number of hydrogen-bond donors (Lipinski definition) is 2. The van der Waals surface area contributed by atoms with Crippen LogP contribution in [0.3, 0.4) is 0 Å². The van der Waals surface area contributed by atoms with E-state index in [1.807, 2.05) is 6.07 Å². The lowest BCUT2D eigenvalue weighted by Gasteiger charge is -2.12. The van der Waals surface area contributed by atoms with Gasteiger partial charge in [0.15, 0.2) is 0 Å². The van der Waals surface area contributed by atoms with Crippen molar-refractivity contribution in [3.8, 4) is 0 Å². The van der Waals surface area contributed by atoms with Gasteiger partial charge in [-0.2, -0.15) is 0 Å². The number of halogens is 2. The Morgan fingerprint density at radius 1 is 1.50 bits per heavy atom. The van der Waals surface area contributed by atoms with Gasteiger partial charge in [-0.15, -0.1) is 22.7 Å². The first-order valence-electron chi connectivity index (χ1n) is 7.55. The van der Waals surface area contributed by atoms with Gasteiger partial charge in [-0.1, -0.05) is 17.7 Å². The van der Waals surface area contributed by atoms with Crippen LogP contribution in [-0.4, -0.2) is 17.6 Å². The van der Waals surface area contributed by atoms with Crippen LogP contribution in [0, 0.1) is 0 Å². The fraction of sp³-hybridized carbons (Fsp3) is 0.312. The number of rotatable bonds is 4. The van der Waals surface area contributed by atoms with Gasteiger partial charge in [0.25, 0.3) is 0 Å². The summed E-state index contributed by atoms with van der Waals surface area (Å²) in [4.78, 5) is 6.85. The quantitative estimate of drug-likeness (QED) is 0.545. The van der Waals surface area contributed by atoms with Crippen molar-refractivity contribution in [1.29, 1.82) is 0 Å². The zero-order chi connectivity index (χ0) is 16.7. The predicted octanol–water partition coefficient (Wildman–Crippen LogP) is 5.17. The third-order valence-corrected chi connectivity index (χ3v) is 7.42. The molecule has 1 aliphatic rings. The number of ether oxygens (including phenoxy) is 1. The van der Waals surface area contributed by atoms with Crippen LogP contribution in [-0.2, 0) is 11.3 Å². The summed E-state index contributed by atoms with van der Waals surface area (Å²) in [7, 11) is 0. The molecule has 0 aromatic carbocycles. The molecular weight excluding hydrogens is 430 g/mol. The molecule has 0 unspecified atom stereocenters. The van der Waals surface area contributed by atoms with Gasteiger partial charge in [-0.25, -0.2) is 4.98 Å². The minimum Gasteiger partial charge on any atom is -0.379 e. The number of nitrogens with two attached hydrogens (primary N) is 1. The molecule has 2 atom stereocenters. The van der Waals surface area contributed by atoms with Crippen LogP contribution in [0.25, 0.3) is 10.2 Å². The number of anilines is 1. The Morgan fingerprint density at radius 3 is 3.08 bits per heavy atom. The minimum absolute atomic E-state index is 0.0207. The zero-order valence-electron chi connectivity index (χ0n) is 12.6. The number of pyridine rings is 1. The molecule has 24 heavy (non-hydrogen) atoms. The molecule has 3 N–H and O–H groups in total. The summed E-state index contributed by atoms with van der Waals surface area (Å²) in [6.07, 6.45) is 0.797. The van der Waals surface area contributed by atoms with Gasteiger partial charge in [0, 0.05) is 30.1 Å². The molecule has 1 fully saturated rings. The van der Waals surface area contributed by atoms with Crippen LogP contribution in [0.4, 0.5) is 5.69 Å². The fourth-order valence-electron chi connectivity index (χ4n) is 2.81. The Hall–Kier alpha value is -0.700. The molecule has 3 aromatic heterocycles. The largest absolute Gasteiger partial charge is 0.379 e. The number of thiophene rings is 2. The van der Waals surface area contributed by atoms with E-state index in [0.29, 0.717) is 11.8 Å². The SMILES string of the molecule is N[C@H]1CCO[C@@H]1c1sc2c(NCc3cccs3)cc(Cl)nc2c1Br. The highest BCUT2D eigenvalue weighted by Gasteiger charge is 2.31. The van der Waals surface area contributed by atoms with Gasteiger partial charge in [0.1, 0.15) is 11.3 Å². The molecule has 4 nitrogen and oxygen atoms in total. The molecule has 4 rings (SSSR count). The standard InChI is InChI=1S/C16H15BrClN3OS2/c17-12-13-15(24-16(12)14-9(19)3-4-22-14)10(6-11(18)21-13)20-7-8-2-1-5-23-8/h1-2,5-6,9,14H,3-4,7,19H2,(H,20,21)/t9-,14-/m0/s1. The van der Waals surface area contributed by atoms with E-state index in [0.717, 1.165) is 38.2 Å². The van der Waals surface area contributed by atoms with Gasteiger partial charge < -0.3 is 15.8 Å². The van der Waals surface area contributed by atoms with E-state index in [4.69, 9.17) is 22.1 Å². The van der Waals surface area contributed by atoms with Gasteiger partial charge in [-0.05, 0) is 33.8 Å². The third kappa shape index (κ3) is 3.09. The molecule has 3 aromatic rings. The lowest BCUT2D eigenvalue weighted by Crippen LogP contribution is -2.22. The summed E-state index contributed by atoms with van der Waals surface area (Å²) in [5.74, 6) is 0. The number of nitrogens with zero attached hydrogens (tertiary/aromatic N) is 1. The van der Waals surface area contributed by atoms with Crippen molar-refractivity contribution in [3.63, 3.8) is 0 Å². The average molecular weight is 445 g/mol. The lowest BCUT2D eigenvalue weighted by molar-refractivity contribution is 0.107. The number of fused-ring (bicyclic) bond motifs is 1. The first-order chi connectivity index (χ1) is 11.6. The Kier molecular flexibility index (Phi) is 4.81. The minimum atomic E-state index is -0.0810. The van der Waals surface area contributed by atoms with E-state index in [1.165, 1.54) is 4.88 Å². The van der Waals surface area contributed by atoms with E-state index in [2.05, 4.69) is 43.7 Å². The van der Waals surface area contributed by atoms with Crippen LogP contribution in [0.15, 0.2) is 28.1 Å². The van der Waals surface area contributed by atoms with E-state index in [9.17, 15) is 0 Å². The van der Waals surface area contributed by atoms with Crippen molar-refractivity contribution < 1.29 is 4.74 Å². The molecule has 0 amide bonds. The van der Waals surface area contributed by atoms with Gasteiger partial charge in [0.2, 0.25) is 0 Å². The van der Waals surface area contributed by atoms with Gasteiger partial charge in [-0.3, -0.25) is 0 Å². The Morgan fingerprint density at radius 2 is 2.38 bits per heavy atom. The first kappa shape index (κ1) is 16.8. The maximum Gasteiger partial charge on any atom is 0.131 e. The van der Waals surface area contributed by atoms with E-state index in [-0.39, 0.29) is 12.1 Å². The number of nitrogens with one attached hydrogen (secondary N) is 1. The highest BCUT2D eigenvalue weighted by molar-refractivity contribution is 9.10. The molecule has 0 radical (unpaired) electrons. The van der Waals surface area contributed by atoms with Crippen LogP contribution in [0.1, 0.15) is 22.3 Å². The van der Waals surface area contributed by atoms with Crippen molar-refractivity contribution in [2.24, 2.45) is 5.73 Å². The normalized spacial score (nSPS) is 20.8. The zero-order valence-corrected chi connectivity index (χ0v) is 16.6. The Labute approximate surface area is 161 Å². The topological polar surface area (TPSA) is 60.2 Å². The molecule has 0 saturated carbocycles. The summed E-state index contributed by atoms with van der Waals surface area (Å²) in [5.41, 5.74) is 8.04. The van der Waals surface area contributed by atoms with Crippen LogP contribution < -0.4 is 11.1 Å². The molecule has 0 bridgehead atoms. The first-order valence-corrected chi connectivity index (χ1v) is 10.4. The van der Waals surface area contributed by atoms with Crippen LogP contribution in [0.2, 0.25) is 5.15 Å². The average Bonchev–Trinajstić information content (AvgIpc) is 3.27. The Balaban J connectivity index is 1.73. The molecule has 0 aliphatic carbocycles. The van der Waals surface area contributed by atoms with E-state index < -0.39 is 0 Å². The summed E-state index contributed by atoms with van der Waals surface area (Å²) < 4.78 is 7.83. The number of aromatic nitrogens is 1. The molecule has 8 heteroatoms. The van der Waals surface area contributed by atoms with Gasteiger partial charge >= 0.3 is 0 Å². The fourth-order valence-corrected chi connectivity index (χ4v) is 5.79. The van der Waals surface area contributed by atoms with Gasteiger partial charge in [0.05, 0.1) is 25.3 Å². The van der Waals surface area contributed by atoms with Crippen molar-refractivity contribution in [2.45, 2.75) is 25.1 Å². The molecule has 1 aliphatic heterocycles. The van der Waals surface area contributed by atoms with Crippen LogP contribution in [0.5, 0.6) is 0 Å². The maximum absolute atomic E-state index is 6.23. The monoisotopic (exact) mass is 443 g/mol. The third-order valence-electron chi connectivity index (χ3n) is 4.01. The van der Waals surface area contributed by atoms with Crippen molar-refractivity contribution in [1.82, 2.24) is 4.98 Å². The van der Waals surface area contributed by atoms with Crippen molar-refractivity contribution >= 4 is 66.1 Å². The second-order valence-corrected chi connectivity index (χ2v) is 8.89. The highest BCUT2D eigenvalue weighted by Crippen LogP contribution is 2.45. The maximum atomic E-state index is 6.23. The molecule has 0 spiro atoms.